The second-order valence-electron chi connectivity index (χ2n) is 7.15. The molecule has 0 amide bonds. The summed E-state index contributed by atoms with van der Waals surface area (Å²) >= 11 is 10.5. The number of piperidine rings is 1. The summed E-state index contributed by atoms with van der Waals surface area (Å²) in [5, 5.41) is 7.91. The number of nitrogens with one attached hydrogen (secondary N) is 2. The molecule has 160 valence electrons. The first kappa shape index (κ1) is 22.4. The molecule has 4 N–H and O–H groups in total. The third-order valence-corrected chi connectivity index (χ3v) is 5.38. The van der Waals surface area contributed by atoms with Crippen LogP contribution in [0.25, 0.3) is 0 Å². The fourth-order valence-corrected chi connectivity index (χ4v) is 3.63. The zero-order chi connectivity index (χ0) is 21.5. The van der Waals surface area contributed by atoms with Crippen LogP contribution in [0.1, 0.15) is 24.0 Å². The Morgan fingerprint density at radius 2 is 1.90 bits per heavy atom. The molecule has 0 atom stereocenters. The lowest BCUT2D eigenvalue weighted by atomic mass is 10.0. The quantitative estimate of drug-likeness (QED) is 0.341. The van der Waals surface area contributed by atoms with E-state index in [-0.39, 0.29) is 16.4 Å². The van der Waals surface area contributed by atoms with Gasteiger partial charge in [-0.05, 0) is 61.8 Å². The van der Waals surface area contributed by atoms with Crippen molar-refractivity contribution in [2.75, 3.05) is 24.5 Å². The maximum atomic E-state index is 14.6. The van der Waals surface area contributed by atoms with E-state index in [0.29, 0.717) is 19.1 Å². The summed E-state index contributed by atoms with van der Waals surface area (Å²) in [6.07, 6.45) is 3.80. The van der Waals surface area contributed by atoms with Crippen LogP contribution in [-0.2, 0) is 6.42 Å². The number of hydrogen-bond acceptors (Lipinski definition) is 4. The number of benzene rings is 2. The first-order valence-corrected chi connectivity index (χ1v) is 10.5. The highest BCUT2D eigenvalue weighted by Gasteiger charge is 2.22. The van der Waals surface area contributed by atoms with Crippen molar-refractivity contribution in [1.82, 2.24) is 10.7 Å². The molecule has 5 nitrogen and oxygen atoms in total. The van der Waals surface area contributed by atoms with E-state index in [1.165, 1.54) is 11.6 Å². The van der Waals surface area contributed by atoms with E-state index < -0.39 is 11.6 Å². The molecule has 3 rings (SSSR count). The van der Waals surface area contributed by atoms with Gasteiger partial charge in [0.1, 0.15) is 11.6 Å². The molecule has 1 aliphatic rings. The minimum absolute atomic E-state index is 0.0266. The summed E-state index contributed by atoms with van der Waals surface area (Å²) in [5.74, 6) is -1.04. The van der Waals surface area contributed by atoms with Crippen molar-refractivity contribution in [3.05, 3.63) is 64.2 Å². The third kappa shape index (κ3) is 6.35. The van der Waals surface area contributed by atoms with Crippen molar-refractivity contribution in [3.63, 3.8) is 0 Å². The van der Waals surface area contributed by atoms with Gasteiger partial charge in [-0.15, -0.1) is 0 Å². The minimum atomic E-state index is -0.553. The fraction of sp³-hybridized carbons (Fsp3) is 0.333. The highest BCUT2D eigenvalue weighted by atomic mass is 35.5. The monoisotopic (exact) mass is 451 g/mol. The summed E-state index contributed by atoms with van der Waals surface area (Å²) in [6.45, 7) is 2.18. The average Bonchev–Trinajstić information content (AvgIpc) is 2.72. The zero-order valence-electron chi connectivity index (χ0n) is 16.4. The molecule has 1 saturated heterocycles. The smallest absolute Gasteiger partial charge is 0.184 e. The lowest BCUT2D eigenvalue weighted by Gasteiger charge is -2.34. The fourth-order valence-electron chi connectivity index (χ4n) is 3.45. The van der Waals surface area contributed by atoms with Crippen LogP contribution < -0.4 is 21.4 Å². The van der Waals surface area contributed by atoms with E-state index in [1.54, 1.807) is 0 Å². The van der Waals surface area contributed by atoms with Gasteiger partial charge in [-0.3, -0.25) is 5.43 Å². The van der Waals surface area contributed by atoms with Gasteiger partial charge in [0.25, 0.3) is 0 Å². The average molecular weight is 452 g/mol. The van der Waals surface area contributed by atoms with Crippen LogP contribution in [0.4, 0.5) is 14.5 Å². The first-order valence-electron chi connectivity index (χ1n) is 9.72. The number of hydrogen-bond donors (Lipinski definition) is 3. The summed E-state index contributed by atoms with van der Waals surface area (Å²) in [7, 11) is 0. The van der Waals surface area contributed by atoms with Crippen LogP contribution in [0, 0.1) is 11.6 Å². The predicted octanol–water partition coefficient (Wildman–Crippen LogP) is 3.59. The molecule has 0 spiro atoms. The number of anilines is 1. The topological polar surface area (TPSA) is 65.7 Å². The normalized spacial score (nSPS) is 15.0. The molecule has 1 aliphatic heterocycles. The standard InChI is InChI=1S/C21H24ClF2N5S/c22-16-3-1-14(2-4-16)5-8-26-17-6-9-29(10-7-17)20-12-18(23)15(11-19(20)24)13-27-28-21(25)30/h1-4,11-13,17,26H,5-10H2,(H3,25,28,30). The van der Waals surface area contributed by atoms with Crippen LogP contribution >= 0.6 is 23.8 Å². The summed E-state index contributed by atoms with van der Waals surface area (Å²) in [5.41, 5.74) is 9.09. The first-order chi connectivity index (χ1) is 14.4. The van der Waals surface area contributed by atoms with Crippen molar-refractivity contribution in [2.45, 2.75) is 25.3 Å². The Balaban J connectivity index is 1.50. The number of rotatable bonds is 7. The van der Waals surface area contributed by atoms with Gasteiger partial charge in [0, 0.05) is 35.8 Å². The molecule has 9 heteroatoms. The van der Waals surface area contributed by atoms with Gasteiger partial charge in [-0.25, -0.2) is 8.78 Å². The van der Waals surface area contributed by atoms with Crippen LogP contribution in [0.2, 0.25) is 5.02 Å². The Kier molecular flexibility index (Phi) is 7.95. The minimum Gasteiger partial charge on any atom is -0.375 e. The van der Waals surface area contributed by atoms with Crippen molar-refractivity contribution < 1.29 is 8.78 Å². The SMILES string of the molecule is NC(=S)NN=Cc1cc(F)c(N2CCC(NCCc3ccc(Cl)cc3)CC2)cc1F. The molecular formula is C21H24ClF2N5S. The Labute approximate surface area is 185 Å². The van der Waals surface area contributed by atoms with Gasteiger partial charge in [-0.1, -0.05) is 23.7 Å². The Hall–Kier alpha value is -2.29. The Bertz CT molecular complexity index is 899. The van der Waals surface area contributed by atoms with E-state index >= 15 is 0 Å². The summed E-state index contributed by atoms with van der Waals surface area (Å²) in [4.78, 5) is 1.88. The van der Waals surface area contributed by atoms with E-state index in [0.717, 1.165) is 43.1 Å². The molecule has 0 radical (unpaired) electrons. The lowest BCUT2D eigenvalue weighted by molar-refractivity contribution is 0.414. The molecule has 1 fully saturated rings. The highest BCUT2D eigenvalue weighted by Crippen LogP contribution is 2.26. The molecule has 30 heavy (non-hydrogen) atoms. The summed E-state index contributed by atoms with van der Waals surface area (Å²) in [6, 6.07) is 10.5. The van der Waals surface area contributed by atoms with Gasteiger partial charge in [-0.2, -0.15) is 5.10 Å². The highest BCUT2D eigenvalue weighted by molar-refractivity contribution is 7.80. The molecule has 1 heterocycles. The number of nitrogens with zero attached hydrogens (tertiary/aromatic N) is 2. The van der Waals surface area contributed by atoms with Crippen LogP contribution in [0.3, 0.4) is 0 Å². The number of halogens is 3. The number of nitrogens with two attached hydrogens (primary N) is 1. The van der Waals surface area contributed by atoms with Crippen molar-refractivity contribution >= 4 is 40.8 Å². The number of hydrazone groups is 1. The molecule has 0 unspecified atom stereocenters. The second-order valence-corrected chi connectivity index (χ2v) is 8.03. The van der Waals surface area contributed by atoms with Gasteiger partial charge in [0.2, 0.25) is 0 Å². The van der Waals surface area contributed by atoms with Crippen molar-refractivity contribution in [2.24, 2.45) is 10.8 Å². The Morgan fingerprint density at radius 1 is 1.20 bits per heavy atom. The lowest BCUT2D eigenvalue weighted by Crippen LogP contribution is -2.43. The summed E-state index contributed by atoms with van der Waals surface area (Å²) < 4.78 is 28.9. The van der Waals surface area contributed by atoms with Crippen LogP contribution in [0.15, 0.2) is 41.5 Å². The molecule has 2 aromatic carbocycles. The van der Waals surface area contributed by atoms with E-state index in [2.05, 4.69) is 28.1 Å². The molecular weight excluding hydrogens is 428 g/mol. The second kappa shape index (κ2) is 10.7. The molecule has 2 aromatic rings. The predicted molar refractivity (Wildman–Crippen MR) is 122 cm³/mol. The van der Waals surface area contributed by atoms with Gasteiger partial charge in [0.05, 0.1) is 11.9 Å². The molecule has 0 aromatic heterocycles. The maximum Gasteiger partial charge on any atom is 0.184 e. The van der Waals surface area contributed by atoms with Crippen molar-refractivity contribution in [1.29, 1.82) is 0 Å². The van der Waals surface area contributed by atoms with E-state index in [9.17, 15) is 8.78 Å². The Morgan fingerprint density at radius 3 is 2.57 bits per heavy atom. The van der Waals surface area contributed by atoms with Crippen LogP contribution in [-0.4, -0.2) is 37.0 Å². The van der Waals surface area contributed by atoms with Crippen molar-refractivity contribution in [3.8, 4) is 0 Å². The van der Waals surface area contributed by atoms with Gasteiger partial charge >= 0.3 is 0 Å². The molecule has 0 saturated carbocycles. The van der Waals surface area contributed by atoms with Gasteiger partial charge < -0.3 is 16.0 Å². The van der Waals surface area contributed by atoms with Gasteiger partial charge in [0.15, 0.2) is 5.11 Å². The molecule has 0 bridgehead atoms. The van der Waals surface area contributed by atoms with Crippen LogP contribution in [0.5, 0.6) is 0 Å². The molecule has 0 aliphatic carbocycles. The third-order valence-electron chi connectivity index (χ3n) is 5.04. The largest absolute Gasteiger partial charge is 0.375 e. The number of thiocarbonyl (C=S) groups is 1. The maximum absolute atomic E-state index is 14.6. The van der Waals surface area contributed by atoms with E-state index in [1.807, 2.05) is 29.2 Å². The zero-order valence-corrected chi connectivity index (χ0v) is 17.9. The van der Waals surface area contributed by atoms with E-state index in [4.69, 9.17) is 17.3 Å².